The molecule has 0 spiro atoms. The lowest BCUT2D eigenvalue weighted by Gasteiger charge is -2.04. The van der Waals surface area contributed by atoms with Gasteiger partial charge in [-0.15, -0.1) is 0 Å². The Hall–Kier alpha value is -1.83. The van der Waals surface area contributed by atoms with Crippen LogP contribution in [0.5, 0.6) is 0 Å². The van der Waals surface area contributed by atoms with Crippen molar-refractivity contribution in [3.8, 4) is 0 Å². The van der Waals surface area contributed by atoms with Crippen LogP contribution < -0.4 is 0 Å². The first-order chi connectivity index (χ1) is 8.99. The molecule has 0 fully saturated rings. The fraction of sp³-hybridized carbons (Fsp3) is 0.353. The Labute approximate surface area is 115 Å². The summed E-state index contributed by atoms with van der Waals surface area (Å²) < 4.78 is 2.18. The van der Waals surface area contributed by atoms with Crippen molar-refractivity contribution in [2.45, 2.75) is 33.6 Å². The Morgan fingerprint density at radius 1 is 1.11 bits per heavy atom. The molecular weight excluding hydrogens is 232 g/mol. The number of benzene rings is 1. The Morgan fingerprint density at radius 2 is 1.74 bits per heavy atom. The van der Waals surface area contributed by atoms with Gasteiger partial charge < -0.3 is 4.57 Å². The molecule has 2 nitrogen and oxygen atoms in total. The highest BCUT2D eigenvalue weighted by Gasteiger charge is 2.03. The molecule has 2 aromatic rings. The van der Waals surface area contributed by atoms with Crippen molar-refractivity contribution >= 4 is 11.9 Å². The maximum absolute atomic E-state index is 4.55. The summed E-state index contributed by atoms with van der Waals surface area (Å²) in [6, 6.07) is 10.6. The van der Waals surface area contributed by atoms with Crippen LogP contribution in [-0.4, -0.2) is 10.8 Å². The third-order valence-electron chi connectivity index (χ3n) is 3.73. The predicted molar refractivity (Wildman–Crippen MR) is 82.7 cm³/mol. The Balaban J connectivity index is 2.20. The average Bonchev–Trinajstić information content (AvgIpc) is 2.64. The van der Waals surface area contributed by atoms with Gasteiger partial charge in [0, 0.05) is 30.2 Å². The summed E-state index contributed by atoms with van der Waals surface area (Å²) in [7, 11) is 2.08. The van der Waals surface area contributed by atoms with E-state index in [1.54, 1.807) is 0 Å². The number of hydrogen-bond donors (Lipinski definition) is 0. The van der Waals surface area contributed by atoms with Crippen molar-refractivity contribution in [3.63, 3.8) is 0 Å². The summed E-state index contributed by atoms with van der Waals surface area (Å²) in [5, 5.41) is 0. The predicted octanol–water partition coefficient (Wildman–Crippen LogP) is 4.52. The topological polar surface area (TPSA) is 17.3 Å². The van der Waals surface area contributed by atoms with Crippen molar-refractivity contribution in [1.29, 1.82) is 0 Å². The van der Waals surface area contributed by atoms with Gasteiger partial charge in [0.15, 0.2) is 0 Å². The Kier molecular flexibility index (Phi) is 3.89. The molecular formula is C17H22N2. The highest BCUT2D eigenvalue weighted by molar-refractivity contribution is 5.83. The van der Waals surface area contributed by atoms with Crippen molar-refractivity contribution in [3.05, 3.63) is 52.8 Å². The van der Waals surface area contributed by atoms with E-state index in [2.05, 4.69) is 74.6 Å². The second-order valence-electron chi connectivity index (χ2n) is 5.39. The molecule has 19 heavy (non-hydrogen) atoms. The fourth-order valence-corrected chi connectivity index (χ4v) is 2.10. The van der Waals surface area contributed by atoms with Crippen LogP contribution in [0.2, 0.25) is 0 Å². The monoisotopic (exact) mass is 254 g/mol. The van der Waals surface area contributed by atoms with E-state index in [1.165, 1.54) is 22.5 Å². The van der Waals surface area contributed by atoms with Gasteiger partial charge in [-0.2, -0.15) is 0 Å². The summed E-state index contributed by atoms with van der Waals surface area (Å²) >= 11 is 0. The quantitative estimate of drug-likeness (QED) is 0.717. The normalized spacial score (nSPS) is 11.7. The molecule has 0 aliphatic carbocycles. The molecule has 0 saturated carbocycles. The molecule has 0 bridgehead atoms. The van der Waals surface area contributed by atoms with Crippen LogP contribution in [0.3, 0.4) is 0 Å². The zero-order chi connectivity index (χ0) is 14.0. The van der Waals surface area contributed by atoms with Gasteiger partial charge in [-0.3, -0.25) is 4.99 Å². The highest BCUT2D eigenvalue weighted by atomic mass is 14.9. The highest BCUT2D eigenvalue weighted by Crippen LogP contribution is 2.19. The number of aromatic nitrogens is 1. The first kappa shape index (κ1) is 13.6. The largest absolute Gasteiger partial charge is 0.352 e. The number of aliphatic imine (C=N–C) groups is 1. The number of hydrogen-bond acceptors (Lipinski definition) is 1. The summed E-state index contributed by atoms with van der Waals surface area (Å²) in [5.41, 5.74) is 6.05. The van der Waals surface area contributed by atoms with Crippen molar-refractivity contribution < 1.29 is 0 Å². The third kappa shape index (κ3) is 2.95. The smallest absolute Gasteiger partial charge is 0.0630 e. The van der Waals surface area contributed by atoms with Gasteiger partial charge in [-0.05, 0) is 43.5 Å². The molecule has 0 radical (unpaired) electrons. The van der Waals surface area contributed by atoms with Crippen LogP contribution in [0.1, 0.15) is 42.3 Å². The molecule has 1 aromatic heterocycles. The van der Waals surface area contributed by atoms with Crippen LogP contribution >= 0.6 is 0 Å². The number of aryl methyl sites for hydroxylation is 1. The van der Waals surface area contributed by atoms with E-state index in [4.69, 9.17) is 0 Å². The third-order valence-corrected chi connectivity index (χ3v) is 3.73. The van der Waals surface area contributed by atoms with Crippen molar-refractivity contribution in [1.82, 2.24) is 4.57 Å². The molecule has 2 heteroatoms. The molecule has 0 atom stereocenters. The summed E-state index contributed by atoms with van der Waals surface area (Å²) in [6.07, 6.45) is 1.95. The van der Waals surface area contributed by atoms with Crippen molar-refractivity contribution in [2.24, 2.45) is 12.0 Å². The molecule has 2 rings (SSSR count). The molecule has 100 valence electrons. The van der Waals surface area contributed by atoms with Gasteiger partial charge in [-0.25, -0.2) is 0 Å². The van der Waals surface area contributed by atoms with Crippen molar-refractivity contribution in [2.75, 3.05) is 0 Å². The second-order valence-corrected chi connectivity index (χ2v) is 5.39. The summed E-state index contributed by atoms with van der Waals surface area (Å²) in [5.74, 6) is 0.567. The van der Waals surface area contributed by atoms with Gasteiger partial charge in [0.25, 0.3) is 0 Å². The first-order valence-electron chi connectivity index (χ1n) is 6.76. The first-order valence-corrected chi connectivity index (χ1v) is 6.76. The fourth-order valence-electron chi connectivity index (χ4n) is 2.10. The van der Waals surface area contributed by atoms with Gasteiger partial charge in [-0.1, -0.05) is 26.0 Å². The minimum Gasteiger partial charge on any atom is -0.352 e. The molecule has 0 aliphatic rings. The maximum atomic E-state index is 4.55. The zero-order valence-corrected chi connectivity index (χ0v) is 12.4. The molecule has 0 aliphatic heterocycles. The van der Waals surface area contributed by atoms with Crippen LogP contribution in [0, 0.1) is 13.8 Å². The molecule has 0 N–H and O–H groups in total. The van der Waals surface area contributed by atoms with Gasteiger partial charge in [0.1, 0.15) is 0 Å². The summed E-state index contributed by atoms with van der Waals surface area (Å²) in [6.45, 7) is 8.64. The van der Waals surface area contributed by atoms with Crippen LogP contribution in [0.15, 0.2) is 35.3 Å². The maximum Gasteiger partial charge on any atom is 0.0630 e. The molecule has 0 saturated heterocycles. The van der Waals surface area contributed by atoms with Crippen LogP contribution in [0.4, 0.5) is 5.69 Å². The zero-order valence-electron chi connectivity index (χ0n) is 12.4. The van der Waals surface area contributed by atoms with Gasteiger partial charge in [0.05, 0.1) is 5.69 Å². The second kappa shape index (κ2) is 5.43. The molecule has 0 unspecified atom stereocenters. The Morgan fingerprint density at radius 3 is 2.21 bits per heavy atom. The lowest BCUT2D eigenvalue weighted by molar-refractivity contribution is 0.843. The minimum absolute atomic E-state index is 0.567. The van der Waals surface area contributed by atoms with E-state index in [-0.39, 0.29) is 0 Å². The average molecular weight is 254 g/mol. The molecule has 1 heterocycles. The van der Waals surface area contributed by atoms with E-state index in [0.717, 1.165) is 5.69 Å². The van der Waals surface area contributed by atoms with Crippen LogP contribution in [-0.2, 0) is 7.05 Å². The van der Waals surface area contributed by atoms with E-state index in [0.29, 0.717) is 5.92 Å². The number of nitrogens with zero attached hydrogens (tertiary/aromatic N) is 2. The van der Waals surface area contributed by atoms with E-state index in [9.17, 15) is 0 Å². The standard InChI is InChI=1S/C17H22N2/c1-12(2)15-6-8-17(9-7-15)18-11-16-10-13(3)19(5)14(16)4/h6-12H,1-5H3. The SMILES string of the molecule is Cc1cc(C=Nc2ccc(C(C)C)cc2)c(C)n1C. The Bertz CT molecular complexity index is 586. The van der Waals surface area contributed by atoms with Gasteiger partial charge in [0.2, 0.25) is 0 Å². The molecule has 1 aromatic carbocycles. The lowest BCUT2D eigenvalue weighted by atomic mass is 10.0. The van der Waals surface area contributed by atoms with Gasteiger partial charge >= 0.3 is 0 Å². The van der Waals surface area contributed by atoms with Crippen LogP contribution in [0.25, 0.3) is 0 Å². The molecule has 0 amide bonds. The number of rotatable bonds is 3. The van der Waals surface area contributed by atoms with E-state index >= 15 is 0 Å². The lowest BCUT2D eigenvalue weighted by Crippen LogP contribution is -1.93. The van der Waals surface area contributed by atoms with E-state index in [1.807, 2.05) is 6.21 Å². The minimum atomic E-state index is 0.567. The summed E-state index contributed by atoms with van der Waals surface area (Å²) in [4.78, 5) is 4.55. The van der Waals surface area contributed by atoms with E-state index < -0.39 is 0 Å².